The van der Waals surface area contributed by atoms with Crippen LogP contribution in [-0.4, -0.2) is 41.4 Å². The first-order valence-corrected chi connectivity index (χ1v) is 11.2. The summed E-state index contributed by atoms with van der Waals surface area (Å²) >= 11 is 1.55. The Morgan fingerprint density at radius 1 is 1.22 bits per heavy atom. The van der Waals surface area contributed by atoms with Gasteiger partial charge in [-0.2, -0.15) is 10.1 Å². The number of nitrogens with zero attached hydrogens (tertiary/aromatic N) is 4. The molecule has 1 N–H and O–H groups in total. The number of rotatable bonds is 7. The highest BCUT2D eigenvalue weighted by atomic mass is 32.1. The maximum absolute atomic E-state index is 12.7. The molecule has 1 amide bonds. The van der Waals surface area contributed by atoms with E-state index in [-0.39, 0.29) is 18.5 Å². The lowest BCUT2D eigenvalue weighted by Gasteiger charge is -2.19. The molecular formula is C24H27N5O2S. The van der Waals surface area contributed by atoms with Crippen LogP contribution in [0.2, 0.25) is 0 Å². The van der Waals surface area contributed by atoms with Crippen LogP contribution in [0.1, 0.15) is 29.8 Å². The predicted octanol–water partition coefficient (Wildman–Crippen LogP) is 4.42. The molecule has 0 saturated heterocycles. The molecule has 8 heteroatoms. The van der Waals surface area contributed by atoms with Crippen molar-refractivity contribution in [1.29, 1.82) is 0 Å². The fraction of sp³-hybridized carbons (Fsp3) is 0.292. The number of aromatic nitrogens is 3. The summed E-state index contributed by atoms with van der Waals surface area (Å²) < 4.78 is 8.17. The Kier molecular flexibility index (Phi) is 6.14. The predicted molar refractivity (Wildman–Crippen MR) is 129 cm³/mol. The Bertz CT molecular complexity index is 1260. The summed E-state index contributed by atoms with van der Waals surface area (Å²) in [6.45, 7) is 6.22. The normalized spacial score (nSPS) is 12.0. The van der Waals surface area contributed by atoms with Crippen LogP contribution in [-0.2, 0) is 4.79 Å². The average Bonchev–Trinajstić information content (AvgIpc) is 3.34. The van der Waals surface area contributed by atoms with Gasteiger partial charge >= 0.3 is 0 Å². The Morgan fingerprint density at radius 3 is 2.75 bits per heavy atom. The summed E-state index contributed by atoms with van der Waals surface area (Å²) in [5, 5.41) is 8.50. The van der Waals surface area contributed by atoms with Crippen LogP contribution in [0.25, 0.3) is 16.0 Å². The van der Waals surface area contributed by atoms with Crippen molar-refractivity contribution in [2.24, 2.45) is 0 Å². The van der Waals surface area contributed by atoms with Crippen LogP contribution in [0.5, 0.6) is 5.75 Å². The number of methoxy groups -OCH3 is 1. The number of nitrogens with one attached hydrogen (secondary N) is 1. The van der Waals surface area contributed by atoms with Gasteiger partial charge in [0.15, 0.2) is 10.8 Å². The lowest BCUT2D eigenvalue weighted by molar-refractivity contribution is -0.120. The molecule has 32 heavy (non-hydrogen) atoms. The van der Waals surface area contributed by atoms with Gasteiger partial charge in [0.05, 0.1) is 35.8 Å². The number of likely N-dealkylation sites (N-methyl/N-ethyl adjacent to an activating group) is 1. The maximum Gasteiger partial charge on any atom is 0.240 e. The molecule has 1 atom stereocenters. The first kappa shape index (κ1) is 21.8. The third-order valence-corrected chi connectivity index (χ3v) is 6.57. The van der Waals surface area contributed by atoms with Gasteiger partial charge in [-0.1, -0.05) is 35.6 Å². The summed E-state index contributed by atoms with van der Waals surface area (Å²) in [7, 11) is 3.52. The number of thiazole rings is 1. The molecule has 4 rings (SSSR count). The largest absolute Gasteiger partial charge is 0.497 e. The number of hydrogen-bond acceptors (Lipinski definition) is 6. The topological polar surface area (TPSA) is 72.3 Å². The molecule has 1 unspecified atom stereocenters. The van der Waals surface area contributed by atoms with Crippen molar-refractivity contribution in [2.45, 2.75) is 26.8 Å². The van der Waals surface area contributed by atoms with Gasteiger partial charge in [-0.05, 0) is 56.2 Å². The van der Waals surface area contributed by atoms with E-state index in [9.17, 15) is 4.79 Å². The van der Waals surface area contributed by atoms with Gasteiger partial charge in [-0.25, -0.2) is 4.68 Å². The van der Waals surface area contributed by atoms with Crippen LogP contribution in [0, 0.1) is 13.8 Å². The Labute approximate surface area is 191 Å². The average molecular weight is 450 g/mol. The van der Waals surface area contributed by atoms with Crippen LogP contribution < -0.4 is 15.0 Å². The minimum atomic E-state index is -0.126. The van der Waals surface area contributed by atoms with E-state index in [0.29, 0.717) is 0 Å². The van der Waals surface area contributed by atoms with Crippen molar-refractivity contribution in [2.75, 3.05) is 25.6 Å². The zero-order valence-electron chi connectivity index (χ0n) is 18.9. The van der Waals surface area contributed by atoms with E-state index >= 15 is 0 Å². The molecule has 0 aliphatic rings. The smallest absolute Gasteiger partial charge is 0.240 e. The number of ether oxygens (including phenoxy) is 1. The quantitative estimate of drug-likeness (QED) is 0.452. The molecule has 0 spiro atoms. The summed E-state index contributed by atoms with van der Waals surface area (Å²) in [6, 6.07) is 15.8. The summed E-state index contributed by atoms with van der Waals surface area (Å²) in [6.07, 6.45) is 0. The van der Waals surface area contributed by atoms with Gasteiger partial charge in [-0.15, -0.1) is 0 Å². The monoisotopic (exact) mass is 449 g/mol. The van der Waals surface area contributed by atoms with Crippen LogP contribution in [0.15, 0.2) is 48.5 Å². The van der Waals surface area contributed by atoms with Gasteiger partial charge in [0.2, 0.25) is 5.91 Å². The highest BCUT2D eigenvalue weighted by Gasteiger charge is 2.19. The molecule has 0 fully saturated rings. The number of amides is 1. The zero-order chi connectivity index (χ0) is 22.8. The number of carbonyl (C=O) groups excluding carboxylic acids is 1. The van der Waals surface area contributed by atoms with E-state index in [0.717, 1.165) is 38.2 Å². The Hall–Kier alpha value is -3.39. The number of benzene rings is 2. The van der Waals surface area contributed by atoms with E-state index in [1.807, 2.05) is 66.9 Å². The SMILES string of the molecule is COc1cccc(C(C)NC(=O)CN(C)c2nc3c(s2)c(C)nn3-c2cccc(C)c2)c1. The third kappa shape index (κ3) is 4.45. The number of hydrogen-bond donors (Lipinski definition) is 1. The third-order valence-electron chi connectivity index (χ3n) is 5.30. The van der Waals surface area contributed by atoms with Crippen LogP contribution in [0.3, 0.4) is 0 Å². The van der Waals surface area contributed by atoms with E-state index in [2.05, 4.69) is 29.5 Å². The molecule has 0 aliphatic heterocycles. The first-order valence-electron chi connectivity index (χ1n) is 10.4. The van der Waals surface area contributed by atoms with Gasteiger partial charge < -0.3 is 15.0 Å². The standard InChI is InChI=1S/C24H27N5O2S/c1-15-8-6-10-19(12-15)29-23-22(17(3)27-29)32-24(26-23)28(4)14-21(30)25-16(2)18-9-7-11-20(13-18)31-5/h6-13,16H,14H2,1-5H3,(H,25,30). The second kappa shape index (κ2) is 9.00. The van der Waals surface area contributed by atoms with Gasteiger partial charge in [-0.3, -0.25) is 4.79 Å². The molecule has 7 nitrogen and oxygen atoms in total. The molecule has 2 aromatic heterocycles. The highest BCUT2D eigenvalue weighted by Crippen LogP contribution is 2.32. The van der Waals surface area contributed by atoms with Crippen molar-refractivity contribution >= 4 is 32.7 Å². The highest BCUT2D eigenvalue weighted by molar-refractivity contribution is 7.22. The van der Waals surface area contributed by atoms with Crippen LogP contribution >= 0.6 is 11.3 Å². The van der Waals surface area contributed by atoms with Crippen molar-refractivity contribution < 1.29 is 9.53 Å². The minimum Gasteiger partial charge on any atom is -0.497 e. The van der Waals surface area contributed by atoms with E-state index < -0.39 is 0 Å². The number of carbonyl (C=O) groups is 1. The molecule has 2 aromatic carbocycles. The maximum atomic E-state index is 12.7. The lowest BCUT2D eigenvalue weighted by atomic mass is 10.1. The van der Waals surface area contributed by atoms with Gasteiger partial charge in [0.25, 0.3) is 0 Å². The van der Waals surface area contributed by atoms with Crippen molar-refractivity contribution in [1.82, 2.24) is 20.1 Å². The number of anilines is 1. The molecule has 4 aromatic rings. The number of fused-ring (bicyclic) bond motifs is 1. The van der Waals surface area contributed by atoms with E-state index in [1.165, 1.54) is 5.56 Å². The summed E-state index contributed by atoms with van der Waals surface area (Å²) in [5.74, 6) is 0.701. The second-order valence-corrected chi connectivity index (χ2v) is 8.88. The van der Waals surface area contributed by atoms with Crippen LogP contribution in [0.4, 0.5) is 5.13 Å². The molecular weight excluding hydrogens is 422 g/mol. The fourth-order valence-corrected chi connectivity index (χ4v) is 4.54. The second-order valence-electron chi connectivity index (χ2n) is 7.91. The van der Waals surface area contributed by atoms with E-state index in [4.69, 9.17) is 9.72 Å². The minimum absolute atomic E-state index is 0.0703. The molecule has 166 valence electrons. The zero-order valence-corrected chi connectivity index (χ0v) is 19.7. The molecule has 0 bridgehead atoms. The van der Waals surface area contributed by atoms with Gasteiger partial charge in [0, 0.05) is 7.05 Å². The first-order chi connectivity index (χ1) is 15.4. The van der Waals surface area contributed by atoms with Gasteiger partial charge in [0.1, 0.15) is 5.75 Å². The van der Waals surface area contributed by atoms with Crippen molar-refractivity contribution in [3.8, 4) is 11.4 Å². The Morgan fingerprint density at radius 2 is 2.00 bits per heavy atom. The Balaban J connectivity index is 1.49. The summed E-state index contributed by atoms with van der Waals surface area (Å²) in [4.78, 5) is 19.4. The fourth-order valence-electron chi connectivity index (χ4n) is 3.59. The summed E-state index contributed by atoms with van der Waals surface area (Å²) in [5.41, 5.74) is 4.87. The lowest BCUT2D eigenvalue weighted by Crippen LogP contribution is -2.36. The van der Waals surface area contributed by atoms with Crippen molar-refractivity contribution in [3.63, 3.8) is 0 Å². The number of aryl methyl sites for hydroxylation is 2. The van der Waals surface area contributed by atoms with Crippen molar-refractivity contribution in [3.05, 3.63) is 65.4 Å². The molecule has 2 heterocycles. The molecule has 0 radical (unpaired) electrons. The van der Waals surface area contributed by atoms with E-state index in [1.54, 1.807) is 18.4 Å². The molecule has 0 aliphatic carbocycles. The molecule has 0 saturated carbocycles.